The van der Waals surface area contributed by atoms with Crippen LogP contribution < -0.4 is 10.6 Å². The lowest BCUT2D eigenvalue weighted by molar-refractivity contribution is 0.0952. The van der Waals surface area contributed by atoms with E-state index in [9.17, 15) is 4.79 Å². The third kappa shape index (κ3) is 5.22. The average molecular weight is 288 g/mol. The molecule has 1 aromatic rings. The number of hydrogen-bond acceptors (Lipinski definition) is 6. The molecule has 0 aliphatic rings. The molecule has 1 heterocycles. The van der Waals surface area contributed by atoms with E-state index in [1.54, 1.807) is 11.8 Å². The Morgan fingerprint density at radius 1 is 1.44 bits per heavy atom. The van der Waals surface area contributed by atoms with E-state index in [2.05, 4.69) is 40.9 Å². The van der Waals surface area contributed by atoms with Crippen LogP contribution in [0.5, 0.6) is 0 Å². The van der Waals surface area contributed by atoms with Gasteiger partial charge in [-0.3, -0.25) is 4.79 Å². The topological polar surface area (TPSA) is 66.9 Å². The molecule has 0 aliphatic carbocycles. The Balaban J connectivity index is 2.35. The van der Waals surface area contributed by atoms with Crippen molar-refractivity contribution in [2.24, 2.45) is 0 Å². The van der Waals surface area contributed by atoms with Crippen molar-refractivity contribution >= 4 is 34.1 Å². The van der Waals surface area contributed by atoms with Crippen molar-refractivity contribution in [2.45, 2.75) is 31.9 Å². The molecule has 18 heavy (non-hydrogen) atoms. The van der Waals surface area contributed by atoms with Gasteiger partial charge in [-0.2, -0.15) is 11.8 Å². The first-order valence-corrected chi connectivity index (χ1v) is 8.16. The van der Waals surface area contributed by atoms with Gasteiger partial charge in [0, 0.05) is 18.3 Å². The number of aromatic nitrogens is 2. The lowest BCUT2D eigenvalue weighted by Gasteiger charge is -2.07. The zero-order valence-electron chi connectivity index (χ0n) is 11.0. The average Bonchev–Trinajstić information content (AvgIpc) is 2.84. The number of nitrogens with zero attached hydrogens (tertiary/aromatic N) is 2. The monoisotopic (exact) mass is 288 g/mol. The van der Waals surface area contributed by atoms with Crippen molar-refractivity contribution in [1.82, 2.24) is 15.5 Å². The molecule has 5 nitrogen and oxygen atoms in total. The fourth-order valence-corrected chi connectivity index (χ4v) is 2.24. The van der Waals surface area contributed by atoms with Crippen molar-refractivity contribution in [3.63, 3.8) is 0 Å². The van der Waals surface area contributed by atoms with Crippen molar-refractivity contribution in [2.75, 3.05) is 24.7 Å². The molecule has 1 atom stereocenters. The molecule has 0 bridgehead atoms. The van der Waals surface area contributed by atoms with Crippen LogP contribution in [0.4, 0.5) is 5.13 Å². The minimum atomic E-state index is -0.134. The summed E-state index contributed by atoms with van der Waals surface area (Å²) < 4.78 is 0. The SMILES string of the molecule is CCCNc1nnc(C(=O)NCCC(C)SC)s1. The number of carbonyl (C=O) groups is 1. The van der Waals surface area contributed by atoms with E-state index in [0.717, 1.165) is 19.4 Å². The van der Waals surface area contributed by atoms with Gasteiger partial charge in [0.25, 0.3) is 5.91 Å². The Hall–Kier alpha value is -0.820. The predicted molar refractivity (Wildman–Crippen MR) is 78.6 cm³/mol. The van der Waals surface area contributed by atoms with Crippen molar-refractivity contribution < 1.29 is 4.79 Å². The highest BCUT2D eigenvalue weighted by Gasteiger charge is 2.12. The first kappa shape index (κ1) is 15.2. The van der Waals surface area contributed by atoms with Crippen LogP contribution in [0.25, 0.3) is 0 Å². The number of thioether (sulfide) groups is 1. The van der Waals surface area contributed by atoms with Gasteiger partial charge in [-0.15, -0.1) is 10.2 Å². The van der Waals surface area contributed by atoms with Gasteiger partial charge >= 0.3 is 0 Å². The molecule has 0 aromatic carbocycles. The number of rotatable bonds is 8. The first-order valence-electron chi connectivity index (χ1n) is 6.05. The number of amides is 1. The predicted octanol–water partition coefficient (Wildman–Crippen LogP) is 2.23. The molecular formula is C11H20N4OS2. The van der Waals surface area contributed by atoms with Crippen LogP contribution >= 0.6 is 23.1 Å². The van der Waals surface area contributed by atoms with Gasteiger partial charge in [0.05, 0.1) is 0 Å². The molecule has 0 aliphatic heterocycles. The first-order chi connectivity index (χ1) is 8.67. The summed E-state index contributed by atoms with van der Waals surface area (Å²) in [5.41, 5.74) is 0. The highest BCUT2D eigenvalue weighted by atomic mass is 32.2. The van der Waals surface area contributed by atoms with E-state index in [-0.39, 0.29) is 5.91 Å². The molecular weight excluding hydrogens is 268 g/mol. The largest absolute Gasteiger partial charge is 0.360 e. The molecule has 1 rings (SSSR count). The minimum Gasteiger partial charge on any atom is -0.360 e. The number of nitrogens with one attached hydrogen (secondary N) is 2. The second-order valence-electron chi connectivity index (χ2n) is 3.93. The van der Waals surface area contributed by atoms with E-state index in [1.165, 1.54) is 11.3 Å². The molecule has 102 valence electrons. The molecule has 0 spiro atoms. The normalized spacial score (nSPS) is 12.2. The van der Waals surface area contributed by atoms with Crippen LogP contribution in [0.15, 0.2) is 0 Å². The molecule has 0 saturated carbocycles. The van der Waals surface area contributed by atoms with Gasteiger partial charge in [-0.25, -0.2) is 0 Å². The van der Waals surface area contributed by atoms with Gasteiger partial charge in [-0.05, 0) is 19.1 Å². The van der Waals surface area contributed by atoms with Gasteiger partial charge in [0.2, 0.25) is 10.1 Å². The van der Waals surface area contributed by atoms with E-state index in [4.69, 9.17) is 0 Å². The molecule has 1 unspecified atom stereocenters. The van der Waals surface area contributed by atoms with E-state index in [1.807, 2.05) is 0 Å². The number of anilines is 1. The summed E-state index contributed by atoms with van der Waals surface area (Å²) in [4.78, 5) is 11.8. The van der Waals surface area contributed by atoms with E-state index >= 15 is 0 Å². The summed E-state index contributed by atoms with van der Waals surface area (Å²) >= 11 is 3.09. The van der Waals surface area contributed by atoms with Crippen molar-refractivity contribution in [3.05, 3.63) is 5.01 Å². The molecule has 0 radical (unpaired) electrons. The van der Waals surface area contributed by atoms with E-state index < -0.39 is 0 Å². The Morgan fingerprint density at radius 2 is 2.22 bits per heavy atom. The molecule has 0 fully saturated rings. The van der Waals surface area contributed by atoms with Crippen LogP contribution in [-0.2, 0) is 0 Å². The lowest BCUT2D eigenvalue weighted by Crippen LogP contribution is -2.25. The number of carbonyl (C=O) groups excluding carboxylic acids is 1. The van der Waals surface area contributed by atoms with E-state index in [0.29, 0.717) is 21.9 Å². The van der Waals surface area contributed by atoms with Gasteiger partial charge < -0.3 is 10.6 Å². The Morgan fingerprint density at radius 3 is 2.89 bits per heavy atom. The molecule has 1 amide bonds. The number of hydrogen-bond donors (Lipinski definition) is 2. The maximum atomic E-state index is 11.8. The highest BCUT2D eigenvalue weighted by Crippen LogP contribution is 2.15. The third-order valence-electron chi connectivity index (χ3n) is 2.38. The van der Waals surface area contributed by atoms with Crippen molar-refractivity contribution in [3.8, 4) is 0 Å². The minimum absolute atomic E-state index is 0.134. The zero-order valence-corrected chi connectivity index (χ0v) is 12.7. The molecule has 0 saturated heterocycles. The maximum Gasteiger partial charge on any atom is 0.282 e. The summed E-state index contributed by atoms with van der Waals surface area (Å²) in [6, 6.07) is 0. The smallest absolute Gasteiger partial charge is 0.282 e. The Kier molecular flexibility index (Phi) is 7.04. The van der Waals surface area contributed by atoms with Gasteiger partial charge in [0.1, 0.15) is 0 Å². The van der Waals surface area contributed by atoms with Crippen LogP contribution in [0.1, 0.15) is 36.5 Å². The summed E-state index contributed by atoms with van der Waals surface area (Å²) in [5, 5.41) is 15.5. The van der Waals surface area contributed by atoms with Gasteiger partial charge in [-0.1, -0.05) is 25.2 Å². The second kappa shape index (κ2) is 8.31. The molecule has 1 aromatic heterocycles. The maximum absolute atomic E-state index is 11.8. The fraction of sp³-hybridized carbons (Fsp3) is 0.727. The Labute approximate surface area is 116 Å². The van der Waals surface area contributed by atoms with Crippen LogP contribution in [0, 0.1) is 0 Å². The van der Waals surface area contributed by atoms with Gasteiger partial charge in [0.15, 0.2) is 0 Å². The quantitative estimate of drug-likeness (QED) is 0.768. The second-order valence-corrected chi connectivity index (χ2v) is 6.18. The lowest BCUT2D eigenvalue weighted by atomic mass is 10.3. The summed E-state index contributed by atoms with van der Waals surface area (Å²) in [6.07, 6.45) is 4.06. The summed E-state index contributed by atoms with van der Waals surface area (Å²) in [5.74, 6) is -0.134. The Bertz CT molecular complexity index is 370. The molecule has 7 heteroatoms. The molecule has 2 N–H and O–H groups in total. The van der Waals surface area contributed by atoms with Crippen LogP contribution in [-0.4, -0.2) is 40.7 Å². The summed E-state index contributed by atoms with van der Waals surface area (Å²) in [7, 11) is 0. The standard InChI is InChI=1S/C11H20N4OS2/c1-4-6-13-11-15-14-10(18-11)9(16)12-7-5-8(2)17-3/h8H,4-7H2,1-3H3,(H,12,16)(H,13,15). The third-order valence-corrected chi connectivity index (χ3v) is 4.30. The highest BCUT2D eigenvalue weighted by molar-refractivity contribution is 7.99. The fourth-order valence-electron chi connectivity index (χ4n) is 1.20. The van der Waals surface area contributed by atoms with Crippen molar-refractivity contribution in [1.29, 1.82) is 0 Å². The zero-order chi connectivity index (χ0) is 13.4. The summed E-state index contributed by atoms with van der Waals surface area (Å²) in [6.45, 7) is 5.75. The van der Waals surface area contributed by atoms with Crippen LogP contribution in [0.2, 0.25) is 0 Å². The van der Waals surface area contributed by atoms with Crippen LogP contribution in [0.3, 0.4) is 0 Å².